The predicted molar refractivity (Wildman–Crippen MR) is 48.4 cm³/mol. The molecule has 0 fully saturated rings. The van der Waals surface area contributed by atoms with Gasteiger partial charge in [-0.25, -0.2) is 5.12 Å². The second kappa shape index (κ2) is 3.07. The van der Waals surface area contributed by atoms with E-state index in [4.69, 9.17) is 0 Å². The van der Waals surface area contributed by atoms with Crippen LogP contribution in [0, 0.1) is 10.4 Å². The Hall–Kier alpha value is -1.41. The van der Waals surface area contributed by atoms with Gasteiger partial charge in [0.05, 0.1) is 5.71 Å². The van der Waals surface area contributed by atoms with Gasteiger partial charge in [-0.3, -0.25) is 5.21 Å². The van der Waals surface area contributed by atoms with Crippen LogP contribution in [0.1, 0.15) is 0 Å². The summed E-state index contributed by atoms with van der Waals surface area (Å²) >= 11 is 0. The first-order valence-corrected chi connectivity index (χ1v) is 3.94. The van der Waals surface area contributed by atoms with Gasteiger partial charge in [0.15, 0.2) is 0 Å². The molecule has 0 spiro atoms. The van der Waals surface area contributed by atoms with Crippen LogP contribution in [0.2, 0.25) is 0 Å². The van der Waals surface area contributed by atoms with Gasteiger partial charge in [-0.15, -0.1) is 0 Å². The van der Waals surface area contributed by atoms with Crippen molar-refractivity contribution >= 4 is 5.71 Å². The fourth-order valence-electron chi connectivity index (χ4n) is 1.36. The number of rotatable bonds is 1. The minimum atomic E-state index is -0.551. The Bertz CT molecular complexity index is 336. The zero-order valence-corrected chi connectivity index (χ0v) is 7.36. The average molecular weight is 196 g/mol. The van der Waals surface area contributed by atoms with Crippen molar-refractivity contribution in [2.45, 2.75) is 6.04 Å². The lowest BCUT2D eigenvalue weighted by molar-refractivity contribution is -0.228. The lowest BCUT2D eigenvalue weighted by atomic mass is 10.1. The second-order valence-corrected chi connectivity index (χ2v) is 2.96. The average Bonchev–Trinajstić information content (AvgIpc) is 2.43. The molecule has 0 bridgehead atoms. The van der Waals surface area contributed by atoms with Crippen LogP contribution < -0.4 is 0 Å². The number of allylic oxidation sites excluding steroid dienone is 1. The number of nitrogens with zero attached hydrogens (tertiary/aromatic N) is 4. The number of hydrazone groups is 1. The molecule has 2 aliphatic rings. The maximum Gasteiger partial charge on any atom is 0.122 e. The Morgan fingerprint density at radius 3 is 2.86 bits per heavy atom. The van der Waals surface area contributed by atoms with Gasteiger partial charge in [0.2, 0.25) is 0 Å². The molecule has 76 valence electrons. The normalized spacial score (nSPS) is 26.0. The van der Waals surface area contributed by atoms with E-state index in [9.17, 15) is 15.6 Å². The van der Waals surface area contributed by atoms with Crippen LogP contribution in [-0.2, 0) is 0 Å². The molecule has 0 aromatic carbocycles. The zero-order valence-electron chi connectivity index (χ0n) is 7.36. The van der Waals surface area contributed by atoms with Crippen LogP contribution in [0.15, 0.2) is 29.0 Å². The number of fused-ring (bicyclic) bond motifs is 1. The first kappa shape index (κ1) is 9.16. The van der Waals surface area contributed by atoms with Crippen molar-refractivity contribution in [1.82, 2.24) is 15.5 Å². The summed E-state index contributed by atoms with van der Waals surface area (Å²) in [4.78, 5) is 0. The van der Waals surface area contributed by atoms with E-state index in [1.165, 1.54) is 23.3 Å². The summed E-state index contributed by atoms with van der Waals surface area (Å²) in [5.74, 6) is 0. The van der Waals surface area contributed by atoms with Gasteiger partial charge in [0.25, 0.3) is 0 Å². The standard InChI is InChI=1S/C7H8N4O3/c1-9-8-6-3-2-5(11(13)14)4-7(6)10(9)12/h2-4,7,12H,1H3/q-2. The third-order valence-electron chi connectivity index (χ3n) is 2.07. The molecule has 14 heavy (non-hydrogen) atoms. The van der Waals surface area contributed by atoms with E-state index in [1.54, 1.807) is 7.05 Å². The molecule has 7 heteroatoms. The van der Waals surface area contributed by atoms with Crippen molar-refractivity contribution in [3.8, 4) is 0 Å². The molecule has 1 N–H and O–H groups in total. The molecule has 1 aliphatic carbocycles. The lowest BCUT2D eigenvalue weighted by Crippen LogP contribution is -2.38. The van der Waals surface area contributed by atoms with E-state index in [-0.39, 0.29) is 5.70 Å². The van der Waals surface area contributed by atoms with E-state index in [0.29, 0.717) is 5.71 Å². The van der Waals surface area contributed by atoms with Gasteiger partial charge in [-0.05, 0) is 18.2 Å². The fourth-order valence-corrected chi connectivity index (χ4v) is 1.36. The van der Waals surface area contributed by atoms with Crippen LogP contribution in [-0.4, -0.2) is 39.5 Å². The molecular weight excluding hydrogens is 188 g/mol. The van der Waals surface area contributed by atoms with Crippen molar-refractivity contribution in [2.75, 3.05) is 7.05 Å². The highest BCUT2D eigenvalue weighted by Gasteiger charge is 2.30. The van der Waals surface area contributed by atoms with Crippen LogP contribution in [0.3, 0.4) is 0 Å². The molecule has 0 saturated heterocycles. The van der Waals surface area contributed by atoms with Gasteiger partial charge >= 0.3 is 0 Å². The van der Waals surface area contributed by atoms with E-state index >= 15 is 0 Å². The number of hydrogen-bond donors (Lipinski definition) is 1. The molecule has 0 radical (unpaired) electrons. The highest BCUT2D eigenvalue weighted by atomic mass is 16.8. The van der Waals surface area contributed by atoms with Gasteiger partial charge < -0.3 is 15.6 Å². The number of hydroxylamine groups is 3. The van der Waals surface area contributed by atoms with Crippen molar-refractivity contribution in [3.63, 3.8) is 0 Å². The maximum absolute atomic E-state index is 10.5. The highest BCUT2D eigenvalue weighted by Crippen LogP contribution is 2.21. The molecule has 1 heterocycles. The summed E-state index contributed by atoms with van der Waals surface area (Å²) < 4.78 is 0. The van der Waals surface area contributed by atoms with Crippen molar-refractivity contribution in [3.05, 3.63) is 34.3 Å². The van der Waals surface area contributed by atoms with Crippen LogP contribution in [0.5, 0.6) is 0 Å². The maximum atomic E-state index is 10.5. The van der Waals surface area contributed by atoms with Crippen LogP contribution >= 0.6 is 0 Å². The van der Waals surface area contributed by atoms with E-state index in [0.717, 1.165) is 5.17 Å². The highest BCUT2D eigenvalue weighted by molar-refractivity contribution is 6.02. The molecule has 0 amide bonds. The van der Waals surface area contributed by atoms with Crippen LogP contribution in [0.25, 0.3) is 0 Å². The van der Waals surface area contributed by atoms with Crippen molar-refractivity contribution in [1.29, 1.82) is 0 Å². The molecular formula is C7H8N4O3-2. The number of hydrazine groups is 1. The quantitative estimate of drug-likeness (QED) is 0.594. The Balaban J connectivity index is 2.28. The third kappa shape index (κ3) is 1.28. The van der Waals surface area contributed by atoms with E-state index in [2.05, 4.69) is 5.10 Å². The number of hydrogen-bond acceptors (Lipinski definition) is 7. The molecule has 7 nitrogen and oxygen atoms in total. The monoisotopic (exact) mass is 196 g/mol. The second-order valence-electron chi connectivity index (χ2n) is 2.96. The summed E-state index contributed by atoms with van der Waals surface area (Å²) in [5, 5.41) is 35.9. The Morgan fingerprint density at radius 2 is 2.21 bits per heavy atom. The molecule has 1 unspecified atom stereocenters. The van der Waals surface area contributed by atoms with Crippen LogP contribution in [0.4, 0.5) is 0 Å². The summed E-state index contributed by atoms with van der Waals surface area (Å²) in [6, 6.07) is -0.551. The summed E-state index contributed by atoms with van der Waals surface area (Å²) in [5.41, 5.74) is 0.545. The molecule has 1 aliphatic heterocycles. The Morgan fingerprint density at radius 1 is 1.50 bits per heavy atom. The summed E-state index contributed by atoms with van der Waals surface area (Å²) in [6.07, 6.45) is 4.24. The topological polar surface area (TPSA) is 88.4 Å². The Labute approximate surface area is 79.9 Å². The van der Waals surface area contributed by atoms with Gasteiger partial charge in [-0.2, -0.15) is 5.10 Å². The molecule has 2 rings (SSSR count). The first-order valence-electron chi connectivity index (χ1n) is 3.94. The van der Waals surface area contributed by atoms with E-state index in [1.807, 2.05) is 0 Å². The minimum Gasteiger partial charge on any atom is -0.769 e. The van der Waals surface area contributed by atoms with Crippen molar-refractivity contribution < 1.29 is 5.21 Å². The lowest BCUT2D eigenvalue weighted by Gasteiger charge is -2.40. The van der Waals surface area contributed by atoms with Gasteiger partial charge in [0, 0.05) is 12.7 Å². The van der Waals surface area contributed by atoms with Gasteiger partial charge in [0.1, 0.15) is 6.04 Å². The molecule has 0 saturated carbocycles. The molecule has 1 atom stereocenters. The third-order valence-corrected chi connectivity index (χ3v) is 2.07. The predicted octanol–water partition coefficient (Wildman–Crippen LogP) is 0.0139. The first-order chi connectivity index (χ1) is 6.59. The summed E-state index contributed by atoms with van der Waals surface area (Å²) in [6.45, 7) is 0. The molecule has 0 aromatic heterocycles. The SMILES string of the molecule is CN1N=C2C=CC(N([O-])[O-])=CC2N1O. The molecule has 0 aromatic rings. The Kier molecular flexibility index (Phi) is 2.01. The van der Waals surface area contributed by atoms with E-state index < -0.39 is 11.3 Å². The van der Waals surface area contributed by atoms with Crippen molar-refractivity contribution in [2.24, 2.45) is 5.10 Å². The minimum absolute atomic E-state index is 0.0386. The van der Waals surface area contributed by atoms with Gasteiger partial charge in [-0.1, -0.05) is 5.17 Å². The zero-order chi connectivity index (χ0) is 10.3. The summed E-state index contributed by atoms with van der Waals surface area (Å²) in [7, 11) is 1.55. The largest absolute Gasteiger partial charge is 0.769 e. The fraction of sp³-hybridized carbons (Fsp3) is 0.286. The smallest absolute Gasteiger partial charge is 0.122 e.